The lowest BCUT2D eigenvalue weighted by Crippen LogP contribution is -2.64. The molecule has 4 nitrogen and oxygen atoms in total. The Morgan fingerprint density at radius 3 is 1.91 bits per heavy atom. The average molecular weight is 362 g/mol. The summed E-state index contributed by atoms with van der Waals surface area (Å²) in [6.07, 6.45) is -12.8. The highest BCUT2D eigenvalue weighted by Gasteiger charge is 2.75. The van der Waals surface area contributed by atoms with Gasteiger partial charge in [-0.25, -0.2) is 0 Å². The monoisotopic (exact) mass is 362 g/mol. The molecule has 0 aliphatic heterocycles. The van der Waals surface area contributed by atoms with Crippen molar-refractivity contribution in [3.63, 3.8) is 0 Å². The zero-order valence-corrected chi connectivity index (χ0v) is 12.0. The van der Waals surface area contributed by atoms with E-state index in [4.69, 9.17) is 12.4 Å². The van der Waals surface area contributed by atoms with Gasteiger partial charge in [0.15, 0.2) is 0 Å². The Balaban J connectivity index is 3.56. The number of para-hydroxylation sites is 1. The van der Waals surface area contributed by atoms with E-state index in [0.29, 0.717) is 0 Å². The maximum absolute atomic E-state index is 13.1. The first-order valence-electron chi connectivity index (χ1n) is 5.79. The van der Waals surface area contributed by atoms with E-state index in [9.17, 15) is 34.8 Å². The van der Waals surface area contributed by atoms with Crippen molar-refractivity contribution in [1.82, 2.24) is 0 Å². The molecule has 128 valence electrons. The van der Waals surface area contributed by atoms with Crippen molar-refractivity contribution in [2.24, 2.45) is 0 Å². The quantitative estimate of drug-likeness (QED) is 0.497. The fourth-order valence-corrected chi connectivity index (χ4v) is 2.59. The van der Waals surface area contributed by atoms with Crippen LogP contribution >= 0.6 is 0 Å². The second-order valence-corrected chi connectivity index (χ2v) is 5.92. The molecule has 1 rings (SSSR count). The predicted molar refractivity (Wildman–Crippen MR) is 67.8 cm³/mol. The highest BCUT2D eigenvalue weighted by Crippen LogP contribution is 2.47. The van der Waals surface area contributed by atoms with E-state index in [2.05, 4.69) is 4.74 Å². The number of rotatable bonds is 5. The SMILES string of the molecule is [B]Cc1ccccc1OC(CS(=O)(=O)O)(C(F)(F)F)C(F)(F)F. The summed E-state index contributed by atoms with van der Waals surface area (Å²) in [5, 5.41) is 0. The molecular formula is C11H9BF6O4S. The lowest BCUT2D eigenvalue weighted by molar-refractivity contribution is -0.348. The molecule has 0 saturated heterocycles. The third-order valence-corrected chi connectivity index (χ3v) is 3.55. The van der Waals surface area contributed by atoms with Crippen molar-refractivity contribution in [3.8, 4) is 5.75 Å². The van der Waals surface area contributed by atoms with Crippen LogP contribution in [0.3, 0.4) is 0 Å². The summed E-state index contributed by atoms with van der Waals surface area (Å²) in [5.41, 5.74) is -5.35. The standard InChI is InChI=1S/C11H9BF6O4S/c12-5-7-3-1-2-4-8(7)22-9(10(13,14)15,11(16,17)18)6-23(19,20)21/h1-4H,5-6H2,(H,19,20,21). The van der Waals surface area contributed by atoms with Crippen LogP contribution in [0.5, 0.6) is 5.75 Å². The maximum atomic E-state index is 13.1. The van der Waals surface area contributed by atoms with E-state index >= 15 is 0 Å². The molecule has 0 atom stereocenters. The molecule has 0 bridgehead atoms. The largest absolute Gasteiger partial charge is 0.467 e. The maximum Gasteiger partial charge on any atom is 0.438 e. The summed E-state index contributed by atoms with van der Waals surface area (Å²) in [7, 11) is -0.479. The summed E-state index contributed by atoms with van der Waals surface area (Å²) >= 11 is 0. The van der Waals surface area contributed by atoms with Crippen LogP contribution in [-0.4, -0.2) is 44.5 Å². The molecular weight excluding hydrogens is 353 g/mol. The van der Waals surface area contributed by atoms with Crippen LogP contribution in [0, 0.1) is 0 Å². The molecule has 2 radical (unpaired) electrons. The highest BCUT2D eigenvalue weighted by atomic mass is 32.2. The highest BCUT2D eigenvalue weighted by molar-refractivity contribution is 7.85. The van der Waals surface area contributed by atoms with Crippen molar-refractivity contribution in [2.75, 3.05) is 5.75 Å². The van der Waals surface area contributed by atoms with Crippen molar-refractivity contribution in [1.29, 1.82) is 0 Å². The van der Waals surface area contributed by atoms with E-state index in [1.165, 1.54) is 6.07 Å². The van der Waals surface area contributed by atoms with Crippen LogP contribution in [0.15, 0.2) is 24.3 Å². The van der Waals surface area contributed by atoms with Gasteiger partial charge in [-0.1, -0.05) is 24.5 Å². The van der Waals surface area contributed by atoms with Gasteiger partial charge in [0.1, 0.15) is 11.5 Å². The number of alkyl halides is 6. The number of halogens is 6. The van der Waals surface area contributed by atoms with Gasteiger partial charge >= 0.3 is 18.0 Å². The molecule has 0 spiro atoms. The molecule has 0 unspecified atom stereocenters. The number of hydrogen-bond donors (Lipinski definition) is 1. The van der Waals surface area contributed by atoms with Gasteiger partial charge in [0, 0.05) is 0 Å². The van der Waals surface area contributed by atoms with Gasteiger partial charge < -0.3 is 4.74 Å². The van der Waals surface area contributed by atoms with Gasteiger partial charge in [-0.15, -0.1) is 0 Å². The summed E-state index contributed by atoms with van der Waals surface area (Å²) in [6, 6.07) is 4.26. The van der Waals surface area contributed by atoms with Gasteiger partial charge in [-0.2, -0.15) is 34.8 Å². The molecule has 0 aromatic heterocycles. The normalized spacial score (nSPS) is 13.9. The van der Waals surface area contributed by atoms with E-state index in [1.54, 1.807) is 0 Å². The molecule has 1 aromatic rings. The third kappa shape index (κ3) is 4.31. The first kappa shape index (κ1) is 19.6. The molecule has 0 amide bonds. The predicted octanol–water partition coefficient (Wildman–Crippen LogP) is 2.49. The smallest absolute Gasteiger partial charge is 0.438 e. The Kier molecular flexibility index (Phi) is 5.31. The summed E-state index contributed by atoms with van der Waals surface area (Å²) < 4.78 is 113. The fraction of sp³-hybridized carbons (Fsp3) is 0.455. The van der Waals surface area contributed by atoms with Crippen molar-refractivity contribution in [2.45, 2.75) is 24.3 Å². The van der Waals surface area contributed by atoms with Gasteiger partial charge in [0.25, 0.3) is 10.1 Å². The Hall–Kier alpha value is -1.43. The number of ether oxygens (including phenoxy) is 1. The molecule has 0 aliphatic carbocycles. The molecule has 23 heavy (non-hydrogen) atoms. The zero-order valence-electron chi connectivity index (χ0n) is 11.1. The van der Waals surface area contributed by atoms with E-state index in [-0.39, 0.29) is 5.56 Å². The van der Waals surface area contributed by atoms with Crippen LogP contribution < -0.4 is 4.74 Å². The molecule has 0 saturated carbocycles. The molecule has 12 heteroatoms. The van der Waals surface area contributed by atoms with E-state index in [0.717, 1.165) is 18.2 Å². The van der Waals surface area contributed by atoms with Gasteiger partial charge in [-0.3, -0.25) is 4.55 Å². The Labute approximate surface area is 128 Å². The molecule has 0 aliphatic rings. The van der Waals surface area contributed by atoms with Gasteiger partial charge in [0.2, 0.25) is 0 Å². The van der Waals surface area contributed by atoms with E-state index < -0.39 is 45.9 Å². The van der Waals surface area contributed by atoms with Crippen molar-refractivity contribution >= 4 is 18.0 Å². The Bertz CT molecular complexity index is 641. The minimum absolute atomic E-state index is 0.208. The Morgan fingerprint density at radius 2 is 1.52 bits per heavy atom. The molecule has 0 fully saturated rings. The first-order chi connectivity index (χ1) is 10.2. The molecule has 0 heterocycles. The minimum atomic E-state index is -6.18. The first-order valence-corrected chi connectivity index (χ1v) is 7.40. The second kappa shape index (κ2) is 6.23. The Morgan fingerprint density at radius 1 is 1.04 bits per heavy atom. The molecule has 1 N–H and O–H groups in total. The average Bonchev–Trinajstić information content (AvgIpc) is 2.34. The summed E-state index contributed by atoms with van der Waals surface area (Å²) in [5.74, 6) is -3.64. The van der Waals surface area contributed by atoms with Crippen LogP contribution in [0.25, 0.3) is 0 Å². The van der Waals surface area contributed by atoms with Gasteiger partial charge in [-0.05, 0) is 11.6 Å². The van der Waals surface area contributed by atoms with Crippen molar-refractivity contribution in [3.05, 3.63) is 29.8 Å². The topological polar surface area (TPSA) is 63.6 Å². The van der Waals surface area contributed by atoms with E-state index in [1.807, 2.05) is 0 Å². The number of hydrogen-bond acceptors (Lipinski definition) is 3. The molecule has 1 aromatic carbocycles. The second-order valence-electron chi connectivity index (χ2n) is 4.46. The summed E-state index contributed by atoms with van der Waals surface area (Å²) in [4.78, 5) is 0. The van der Waals surface area contributed by atoms with Crippen LogP contribution in [0.2, 0.25) is 0 Å². The summed E-state index contributed by atoms with van der Waals surface area (Å²) in [6.45, 7) is 0. The number of benzene rings is 1. The lowest BCUT2D eigenvalue weighted by Gasteiger charge is -2.36. The van der Waals surface area contributed by atoms with Crippen molar-refractivity contribution < 1.29 is 44.0 Å². The minimum Gasteiger partial charge on any atom is -0.467 e. The fourth-order valence-electron chi connectivity index (χ4n) is 1.69. The van der Waals surface area contributed by atoms with Crippen LogP contribution in [0.1, 0.15) is 5.56 Å². The van der Waals surface area contributed by atoms with Gasteiger partial charge in [0.05, 0.1) is 7.85 Å². The lowest BCUT2D eigenvalue weighted by atomic mass is 9.96. The van der Waals surface area contributed by atoms with Crippen LogP contribution in [-0.2, 0) is 16.4 Å². The zero-order chi connectivity index (χ0) is 18.1. The van der Waals surface area contributed by atoms with Crippen LogP contribution in [0.4, 0.5) is 26.3 Å². The third-order valence-electron chi connectivity index (χ3n) is 2.78.